The van der Waals surface area contributed by atoms with Gasteiger partial charge < -0.3 is 13.2 Å². The fourth-order valence-electron chi connectivity index (χ4n) is 14.0. The van der Waals surface area contributed by atoms with Crippen molar-refractivity contribution >= 4 is 153 Å². The Kier molecular flexibility index (Phi) is 9.94. The van der Waals surface area contributed by atoms with Crippen molar-refractivity contribution in [2.24, 2.45) is 0 Å². The van der Waals surface area contributed by atoms with Crippen molar-refractivity contribution in [1.82, 2.24) is 22.8 Å². The zero-order chi connectivity index (χ0) is 56.2. The summed E-state index contributed by atoms with van der Waals surface area (Å²) in [5.41, 5.74) is 14.0. The second-order valence-corrected chi connectivity index (χ2v) is 23.7. The molecule has 11 aromatic carbocycles. The van der Waals surface area contributed by atoms with Crippen LogP contribution in [0.5, 0.6) is 0 Å². The zero-order valence-electron chi connectivity index (χ0n) is 46.9. The summed E-state index contributed by atoms with van der Waals surface area (Å²) in [5.74, 6) is 0.854. The van der Waals surface area contributed by atoms with Crippen molar-refractivity contribution in [1.29, 1.82) is 0 Å². The lowest BCUT2D eigenvalue weighted by molar-refractivity contribution is -0.483. The number of fused-ring (bicyclic) bond motifs is 26. The van der Waals surface area contributed by atoms with Gasteiger partial charge in [0.2, 0.25) is 0 Å². The predicted octanol–water partition coefficient (Wildman–Crippen LogP) is 19.7. The molecule has 0 aliphatic heterocycles. The van der Waals surface area contributed by atoms with Crippen molar-refractivity contribution in [3.05, 3.63) is 273 Å². The zero-order valence-corrected chi connectivity index (χ0v) is 46.9. The molecule has 0 aliphatic rings. The maximum atomic E-state index is 7.59. The molecular weight excluding hydrogens is 1040 g/mol. The van der Waals surface area contributed by atoms with E-state index in [2.05, 4.69) is 304 Å². The third-order valence-electron chi connectivity index (χ3n) is 17.9. The van der Waals surface area contributed by atoms with Gasteiger partial charge in [-0.25, -0.2) is 4.98 Å². The molecule has 0 N–H and O–H groups in total. The Morgan fingerprint density at radius 3 is 1.78 bits per heavy atom. The molecule has 8 bridgehead atoms. The second kappa shape index (κ2) is 17.7. The number of nitrogens with zero attached hydrogens (tertiary/aromatic N) is 6. The molecule has 7 heteroatoms. The number of aromatic nitrogens is 6. The van der Waals surface area contributed by atoms with E-state index < -0.39 is 0 Å². The van der Waals surface area contributed by atoms with Crippen molar-refractivity contribution < 1.29 is 8.82 Å². The first kappa shape index (κ1) is 47.6. The van der Waals surface area contributed by atoms with Crippen molar-refractivity contribution in [2.75, 3.05) is 0 Å². The minimum absolute atomic E-state index is 0.0906. The normalized spacial score (nSPS) is 12.4. The van der Waals surface area contributed by atoms with E-state index in [0.717, 1.165) is 131 Å². The monoisotopic (exact) mass is 1090 g/mol. The van der Waals surface area contributed by atoms with Crippen LogP contribution in [0, 0.1) is 6.33 Å². The molecule has 85 heavy (non-hydrogen) atoms. The fraction of sp³-hybridized carbons (Fsp3) is 0.0513. The van der Waals surface area contributed by atoms with Crippen LogP contribution >= 0.6 is 0 Å². The third kappa shape index (κ3) is 7.01. The first-order valence-electron chi connectivity index (χ1n) is 29.2. The molecule has 18 rings (SSSR count). The lowest BCUT2D eigenvalue weighted by atomic mass is 9.88. The molecule has 0 amide bonds. The highest BCUT2D eigenvalue weighted by Crippen LogP contribution is 2.41. The topological polar surface area (TPSA) is 48.3 Å². The molecule has 0 spiro atoms. The number of benzene rings is 11. The highest BCUT2D eigenvalue weighted by Gasteiger charge is 2.21. The SMILES string of the molecule is CC(C)(C)c1ccnc(-n2c3ccccc3c3cc4c(cc32)oc2cccc(c2)n2[c-][n+]3c(c2)c2ccccc2c2ccccc2c2cccc(c5cccc(c5)n5c6ccccc6c6ccc(cc65)c5cccc6c7ccccc7n4c56)c23)c1. The lowest BCUT2D eigenvalue weighted by Crippen LogP contribution is -2.20. The van der Waals surface area contributed by atoms with Crippen LogP contribution in [0.15, 0.2) is 266 Å². The summed E-state index contributed by atoms with van der Waals surface area (Å²) < 4.78 is 19.3. The van der Waals surface area contributed by atoms with E-state index in [1.165, 1.54) is 21.7 Å². The van der Waals surface area contributed by atoms with Gasteiger partial charge in [0, 0.05) is 61.7 Å². The van der Waals surface area contributed by atoms with Crippen molar-refractivity contribution in [2.45, 2.75) is 26.2 Å². The molecule has 0 radical (unpaired) electrons. The average molecular weight is 1090 g/mol. The van der Waals surface area contributed by atoms with Gasteiger partial charge >= 0.3 is 0 Å². The minimum atomic E-state index is -0.0906. The Bertz CT molecular complexity index is 6160. The summed E-state index contributed by atoms with van der Waals surface area (Å²) >= 11 is 0. The van der Waals surface area contributed by atoms with Crippen LogP contribution in [0.2, 0.25) is 0 Å². The molecule has 18 aromatic rings. The summed E-state index contributed by atoms with van der Waals surface area (Å²) in [6.07, 6.45) is 8.13. The first-order chi connectivity index (χ1) is 41.8. The third-order valence-corrected chi connectivity index (χ3v) is 17.9. The fourth-order valence-corrected chi connectivity index (χ4v) is 14.0. The number of pyridine rings is 1. The van der Waals surface area contributed by atoms with E-state index in [-0.39, 0.29) is 5.41 Å². The summed E-state index contributed by atoms with van der Waals surface area (Å²) in [4.78, 5) is 5.10. The van der Waals surface area contributed by atoms with Gasteiger partial charge in [0.1, 0.15) is 11.4 Å². The number of imidazole rings is 1. The molecule has 0 saturated heterocycles. The van der Waals surface area contributed by atoms with Crippen LogP contribution in [0.4, 0.5) is 0 Å². The first-order valence-corrected chi connectivity index (χ1v) is 29.2. The van der Waals surface area contributed by atoms with Crippen LogP contribution in [-0.4, -0.2) is 22.8 Å². The van der Waals surface area contributed by atoms with Gasteiger partial charge in [-0.1, -0.05) is 191 Å². The van der Waals surface area contributed by atoms with Gasteiger partial charge in [-0.3, -0.25) is 13.4 Å². The lowest BCUT2D eigenvalue weighted by Gasteiger charge is -2.20. The quantitative estimate of drug-likeness (QED) is 0.121. The molecule has 0 saturated carbocycles. The molecule has 0 atom stereocenters. The highest BCUT2D eigenvalue weighted by molar-refractivity contribution is 6.22. The van der Waals surface area contributed by atoms with Crippen LogP contribution in [0.25, 0.3) is 158 Å². The van der Waals surface area contributed by atoms with E-state index in [1.54, 1.807) is 0 Å². The molecule has 7 nitrogen and oxygen atoms in total. The van der Waals surface area contributed by atoms with Crippen LogP contribution in [0.3, 0.4) is 0 Å². The van der Waals surface area contributed by atoms with E-state index in [9.17, 15) is 0 Å². The Hall–Kier alpha value is -11.0. The second-order valence-electron chi connectivity index (χ2n) is 23.7. The predicted molar refractivity (Wildman–Crippen MR) is 354 cm³/mol. The molecule has 0 fully saturated rings. The maximum absolute atomic E-state index is 7.59. The van der Waals surface area contributed by atoms with E-state index in [4.69, 9.17) is 9.40 Å². The molecule has 0 unspecified atom stereocenters. The number of hydrogen-bond acceptors (Lipinski definition) is 2. The van der Waals surface area contributed by atoms with Crippen LogP contribution in [-0.2, 0) is 5.41 Å². The maximum Gasteiger partial charge on any atom is 0.269 e. The largest absolute Gasteiger partial charge is 0.456 e. The molecule has 7 aromatic heterocycles. The van der Waals surface area contributed by atoms with Crippen molar-refractivity contribution in [3.8, 4) is 5.82 Å². The van der Waals surface area contributed by atoms with Gasteiger partial charge in [0.25, 0.3) is 6.33 Å². The minimum Gasteiger partial charge on any atom is -0.456 e. The summed E-state index contributed by atoms with van der Waals surface area (Å²) in [6.45, 7) is 6.77. The van der Waals surface area contributed by atoms with E-state index in [0.29, 0.717) is 11.2 Å². The van der Waals surface area contributed by atoms with Gasteiger partial charge in [0.05, 0.1) is 55.2 Å². The summed E-state index contributed by atoms with van der Waals surface area (Å²) in [7, 11) is 0. The molecule has 0 aliphatic carbocycles. The van der Waals surface area contributed by atoms with Gasteiger partial charge in [-0.2, -0.15) is 0 Å². The summed E-state index contributed by atoms with van der Waals surface area (Å²) in [5, 5.41) is 17.1. The standard InChI is InChI=1S/C78H52N6O/c1-78(2,3)50-38-39-79-75(42-50)83-68-34-12-10-28-62(68)66-44-72-74(45-71(66)83)85-53-21-15-19-51(43-53)80-46-73-59-25-7-6-23-57(59)56-22-4-5-24-58(56)64-31-16-29-54(76(64)81(73)47-80)48-18-14-20-52(40-48)82-67-33-11-8-26-60(67)63-37-36-49(41-70(63)82)55-30-17-32-65-61-27-9-13-35-69(61)84(72)77(55)65/h4-46H,1-3H3. The van der Waals surface area contributed by atoms with E-state index >= 15 is 0 Å². The van der Waals surface area contributed by atoms with E-state index in [1.807, 2.05) is 6.20 Å². The molecule has 400 valence electrons. The molecular formula is C78H52N6O. The Morgan fingerprint density at radius 1 is 0.400 bits per heavy atom. The van der Waals surface area contributed by atoms with Gasteiger partial charge in [-0.15, -0.1) is 0 Å². The Morgan fingerprint density at radius 2 is 0.988 bits per heavy atom. The van der Waals surface area contributed by atoms with Crippen LogP contribution < -0.4 is 4.40 Å². The van der Waals surface area contributed by atoms with Gasteiger partial charge in [-0.05, 0) is 127 Å². The van der Waals surface area contributed by atoms with Crippen molar-refractivity contribution in [3.63, 3.8) is 0 Å². The Labute approximate surface area is 486 Å². The summed E-state index contributed by atoms with van der Waals surface area (Å²) in [6, 6.07) is 91.1. The molecule has 7 heterocycles. The number of rotatable bonds is 1. The van der Waals surface area contributed by atoms with Gasteiger partial charge in [0.15, 0.2) is 5.58 Å². The highest BCUT2D eigenvalue weighted by atomic mass is 16.3. The number of hydrogen-bond donors (Lipinski definition) is 0. The van der Waals surface area contributed by atoms with Crippen LogP contribution in [0.1, 0.15) is 26.3 Å². The average Bonchev–Trinajstić information content (AvgIpc) is 1.84. The smallest absolute Gasteiger partial charge is 0.269 e. The Balaban J connectivity index is 1.11. The number of para-hydroxylation sites is 5.